The highest BCUT2D eigenvalue weighted by Gasteiger charge is 2.16. The van der Waals surface area contributed by atoms with E-state index in [1.54, 1.807) is 0 Å². The lowest BCUT2D eigenvalue weighted by Crippen LogP contribution is -2.15. The van der Waals surface area contributed by atoms with Crippen molar-refractivity contribution in [1.29, 1.82) is 0 Å². The summed E-state index contributed by atoms with van der Waals surface area (Å²) >= 11 is 0. The molecule has 0 aliphatic carbocycles. The molecule has 1 aromatic rings. The van der Waals surface area contributed by atoms with Crippen LogP contribution in [0.4, 0.5) is 0 Å². The van der Waals surface area contributed by atoms with Gasteiger partial charge in [0.05, 0.1) is 24.9 Å². The molecule has 1 aliphatic heterocycles. The van der Waals surface area contributed by atoms with Crippen LogP contribution < -0.4 is 0 Å². The first-order chi connectivity index (χ1) is 7.38. The molecule has 1 aromatic heterocycles. The van der Waals surface area contributed by atoms with Crippen molar-refractivity contribution in [3.8, 4) is 0 Å². The van der Waals surface area contributed by atoms with Gasteiger partial charge in [-0.05, 0) is 24.4 Å². The van der Waals surface area contributed by atoms with Crippen LogP contribution in [0.3, 0.4) is 0 Å². The van der Waals surface area contributed by atoms with Gasteiger partial charge in [-0.25, -0.2) is 0 Å². The van der Waals surface area contributed by atoms with Crippen molar-refractivity contribution in [1.82, 2.24) is 9.78 Å². The third-order valence-corrected chi connectivity index (χ3v) is 2.41. The molecule has 1 atom stereocenters. The Bertz CT molecular complexity index is 362. The van der Waals surface area contributed by atoms with Crippen LogP contribution in [0.1, 0.15) is 18.5 Å². The van der Waals surface area contributed by atoms with Crippen molar-refractivity contribution >= 4 is 0 Å². The highest BCUT2D eigenvalue weighted by molar-refractivity contribution is 4.98. The zero-order valence-electron chi connectivity index (χ0n) is 8.41. The number of ether oxygens (including phenoxy) is 1. The second kappa shape index (κ2) is 4.82. The molecule has 0 spiro atoms. The van der Waals surface area contributed by atoms with Crippen molar-refractivity contribution in [3.63, 3.8) is 0 Å². The number of hydrogen-bond acceptors (Lipinski definition) is 3. The summed E-state index contributed by atoms with van der Waals surface area (Å²) in [4.78, 5) is 2.69. The van der Waals surface area contributed by atoms with Crippen LogP contribution in [0.25, 0.3) is 10.4 Å². The van der Waals surface area contributed by atoms with E-state index in [1.807, 2.05) is 16.9 Å². The molecule has 1 aliphatic rings. The zero-order valence-corrected chi connectivity index (χ0v) is 8.41. The lowest BCUT2D eigenvalue weighted by atomic mass is 10.2. The predicted octanol–water partition coefficient (Wildman–Crippen LogP) is 1.87. The molecule has 0 aromatic carbocycles. The van der Waals surface area contributed by atoms with Gasteiger partial charge in [-0.15, -0.1) is 0 Å². The summed E-state index contributed by atoms with van der Waals surface area (Å²) in [5.41, 5.74) is 8.96. The molecule has 15 heavy (non-hydrogen) atoms. The molecule has 1 fully saturated rings. The lowest BCUT2D eigenvalue weighted by Gasteiger charge is -2.08. The Morgan fingerprint density at radius 3 is 3.40 bits per heavy atom. The van der Waals surface area contributed by atoms with Gasteiger partial charge >= 0.3 is 0 Å². The van der Waals surface area contributed by atoms with Gasteiger partial charge in [-0.1, -0.05) is 5.11 Å². The second-order valence-corrected chi connectivity index (χ2v) is 3.55. The fourth-order valence-corrected chi connectivity index (χ4v) is 1.69. The highest BCUT2D eigenvalue weighted by Crippen LogP contribution is 2.13. The van der Waals surface area contributed by atoms with E-state index in [-0.39, 0.29) is 6.10 Å². The summed E-state index contributed by atoms with van der Waals surface area (Å²) in [6, 6.07) is 1.86. The van der Waals surface area contributed by atoms with Crippen molar-refractivity contribution in [2.24, 2.45) is 5.11 Å². The fourth-order valence-electron chi connectivity index (χ4n) is 1.69. The van der Waals surface area contributed by atoms with E-state index in [0.29, 0.717) is 6.54 Å². The molecule has 80 valence electrons. The number of nitrogens with zero attached hydrogens (tertiary/aromatic N) is 5. The van der Waals surface area contributed by atoms with Crippen molar-refractivity contribution < 1.29 is 4.74 Å². The normalized spacial score (nSPS) is 20.1. The minimum absolute atomic E-state index is 0.289. The van der Waals surface area contributed by atoms with Crippen LogP contribution in [-0.4, -0.2) is 22.5 Å². The largest absolute Gasteiger partial charge is 0.376 e. The quantitative estimate of drug-likeness (QED) is 0.429. The van der Waals surface area contributed by atoms with Crippen LogP contribution >= 0.6 is 0 Å². The summed E-state index contributed by atoms with van der Waals surface area (Å²) in [7, 11) is 0. The van der Waals surface area contributed by atoms with Crippen molar-refractivity contribution in [2.45, 2.75) is 32.0 Å². The van der Waals surface area contributed by atoms with Gasteiger partial charge in [0.25, 0.3) is 0 Å². The smallest absolute Gasteiger partial charge is 0.0771 e. The van der Waals surface area contributed by atoms with Gasteiger partial charge in [0, 0.05) is 17.7 Å². The Morgan fingerprint density at radius 2 is 2.67 bits per heavy atom. The molecule has 0 N–H and O–H groups in total. The SMILES string of the molecule is [N-]=[N+]=NCc1ccn(CC2CCCO2)n1. The maximum atomic E-state index is 8.17. The Morgan fingerprint density at radius 1 is 1.73 bits per heavy atom. The maximum Gasteiger partial charge on any atom is 0.0771 e. The molecule has 2 rings (SSSR count). The number of azide groups is 1. The van der Waals surface area contributed by atoms with Crippen LogP contribution in [-0.2, 0) is 17.8 Å². The summed E-state index contributed by atoms with van der Waals surface area (Å²) in [5.74, 6) is 0. The molecule has 1 saturated heterocycles. The molecule has 2 heterocycles. The molecule has 0 radical (unpaired) electrons. The molecular formula is C9H13N5O. The average Bonchev–Trinajstić information content (AvgIpc) is 2.87. The monoisotopic (exact) mass is 207 g/mol. The topological polar surface area (TPSA) is 75.8 Å². The molecule has 0 saturated carbocycles. The van der Waals surface area contributed by atoms with Gasteiger partial charge in [-0.3, -0.25) is 4.68 Å². The van der Waals surface area contributed by atoms with Crippen molar-refractivity contribution in [2.75, 3.05) is 6.61 Å². The van der Waals surface area contributed by atoms with Crippen LogP contribution in [0, 0.1) is 0 Å². The molecule has 0 amide bonds. The predicted molar refractivity (Wildman–Crippen MR) is 54.1 cm³/mol. The van der Waals surface area contributed by atoms with Crippen LogP contribution in [0.15, 0.2) is 17.4 Å². The third kappa shape index (κ3) is 2.71. The third-order valence-electron chi connectivity index (χ3n) is 2.41. The Hall–Kier alpha value is -1.52. The summed E-state index contributed by atoms with van der Waals surface area (Å²) < 4.78 is 7.35. The van der Waals surface area contributed by atoms with Crippen molar-refractivity contribution in [3.05, 3.63) is 28.4 Å². The first kappa shape index (κ1) is 10.0. The number of aromatic nitrogens is 2. The van der Waals surface area contributed by atoms with Gasteiger partial charge in [0.15, 0.2) is 0 Å². The molecular weight excluding hydrogens is 194 g/mol. The van der Waals surface area contributed by atoms with Gasteiger partial charge in [0.2, 0.25) is 0 Å². The van der Waals surface area contributed by atoms with E-state index in [0.717, 1.165) is 31.7 Å². The molecule has 6 nitrogen and oxygen atoms in total. The van der Waals surface area contributed by atoms with Crippen LogP contribution in [0.2, 0.25) is 0 Å². The molecule has 0 bridgehead atoms. The Balaban J connectivity index is 1.91. The number of hydrogen-bond donors (Lipinski definition) is 0. The van der Waals surface area contributed by atoms with E-state index in [1.165, 1.54) is 0 Å². The van der Waals surface area contributed by atoms with Gasteiger partial charge in [0.1, 0.15) is 0 Å². The standard InChI is InChI=1S/C9H13N5O/c10-13-11-6-8-3-4-14(12-8)7-9-2-1-5-15-9/h3-4,9H,1-2,5-7H2. The second-order valence-electron chi connectivity index (χ2n) is 3.55. The first-order valence-corrected chi connectivity index (χ1v) is 5.03. The Kier molecular flexibility index (Phi) is 3.22. The minimum Gasteiger partial charge on any atom is -0.376 e. The van der Waals surface area contributed by atoms with E-state index < -0.39 is 0 Å². The molecule has 1 unspecified atom stereocenters. The molecule has 6 heteroatoms. The summed E-state index contributed by atoms with van der Waals surface area (Å²) in [6.07, 6.45) is 4.42. The zero-order chi connectivity index (χ0) is 10.5. The van der Waals surface area contributed by atoms with Gasteiger partial charge in [-0.2, -0.15) is 5.10 Å². The van der Waals surface area contributed by atoms with Crippen LogP contribution in [0.5, 0.6) is 0 Å². The van der Waals surface area contributed by atoms with E-state index in [4.69, 9.17) is 10.3 Å². The van der Waals surface area contributed by atoms with E-state index in [9.17, 15) is 0 Å². The fraction of sp³-hybridized carbons (Fsp3) is 0.667. The first-order valence-electron chi connectivity index (χ1n) is 5.03. The Labute approximate surface area is 87.5 Å². The van der Waals surface area contributed by atoms with E-state index >= 15 is 0 Å². The summed E-state index contributed by atoms with van der Waals surface area (Å²) in [5, 5.41) is 7.74. The van der Waals surface area contributed by atoms with E-state index in [2.05, 4.69) is 15.1 Å². The van der Waals surface area contributed by atoms with Gasteiger partial charge < -0.3 is 4.74 Å². The lowest BCUT2D eigenvalue weighted by molar-refractivity contribution is 0.0939. The summed E-state index contributed by atoms with van der Waals surface area (Å²) in [6.45, 7) is 1.96. The number of rotatable bonds is 4. The maximum absolute atomic E-state index is 8.17. The minimum atomic E-state index is 0.289. The average molecular weight is 207 g/mol. The highest BCUT2D eigenvalue weighted by atomic mass is 16.5.